The minimum absolute atomic E-state index is 0.164. The monoisotopic (exact) mass is 401 g/mol. The zero-order chi connectivity index (χ0) is 21.3. The van der Waals surface area contributed by atoms with Gasteiger partial charge in [-0.1, -0.05) is 18.2 Å². The Morgan fingerprint density at radius 1 is 1.00 bits per heavy atom. The second kappa shape index (κ2) is 7.91. The van der Waals surface area contributed by atoms with Crippen molar-refractivity contribution in [1.29, 1.82) is 0 Å². The molecule has 0 saturated heterocycles. The molecule has 0 fully saturated rings. The number of para-hydroxylation sites is 2. The number of fused-ring (bicyclic) bond motifs is 2. The summed E-state index contributed by atoms with van der Waals surface area (Å²) in [6.45, 7) is 2.43. The van der Waals surface area contributed by atoms with Crippen LogP contribution in [0.2, 0.25) is 0 Å². The highest BCUT2D eigenvalue weighted by atomic mass is 16.5. The number of anilines is 3. The van der Waals surface area contributed by atoms with Crippen LogP contribution in [0.1, 0.15) is 27.6 Å². The standard InChI is InChI=1S/C24H23N3O3/c1-4-27-20-10-5-6-11-22(20)30-21-13-12-17(15-19(21)24(27)29)25-23(28)16-8-7-9-18(14-16)26(2)3/h5-15H,4H2,1-3H3,(H,25,28). The molecule has 0 radical (unpaired) electrons. The van der Waals surface area contributed by atoms with Crippen molar-refractivity contribution in [2.75, 3.05) is 35.8 Å². The molecule has 0 aromatic heterocycles. The van der Waals surface area contributed by atoms with Gasteiger partial charge in [-0.05, 0) is 55.5 Å². The van der Waals surface area contributed by atoms with Gasteiger partial charge in [0.1, 0.15) is 5.75 Å². The number of amides is 2. The second-order valence-corrected chi connectivity index (χ2v) is 7.23. The molecule has 3 aromatic rings. The summed E-state index contributed by atoms with van der Waals surface area (Å²) in [5.41, 5.74) is 3.15. The molecular formula is C24H23N3O3. The number of carbonyl (C=O) groups excluding carboxylic acids is 2. The quantitative estimate of drug-likeness (QED) is 0.684. The van der Waals surface area contributed by atoms with Gasteiger partial charge in [0.2, 0.25) is 0 Å². The van der Waals surface area contributed by atoms with Crippen LogP contribution in [0.3, 0.4) is 0 Å². The van der Waals surface area contributed by atoms with E-state index < -0.39 is 0 Å². The van der Waals surface area contributed by atoms with Crippen LogP contribution in [-0.4, -0.2) is 32.5 Å². The van der Waals surface area contributed by atoms with E-state index in [0.29, 0.717) is 34.9 Å². The Labute approximate surface area is 175 Å². The van der Waals surface area contributed by atoms with Crippen molar-refractivity contribution in [2.45, 2.75) is 6.92 Å². The summed E-state index contributed by atoms with van der Waals surface area (Å²) in [5.74, 6) is 0.694. The Balaban J connectivity index is 1.65. The molecule has 0 bridgehead atoms. The summed E-state index contributed by atoms with van der Waals surface area (Å²) in [4.78, 5) is 29.5. The van der Waals surface area contributed by atoms with E-state index in [9.17, 15) is 9.59 Å². The summed E-state index contributed by atoms with van der Waals surface area (Å²) >= 11 is 0. The molecule has 1 N–H and O–H groups in total. The number of benzene rings is 3. The van der Waals surface area contributed by atoms with Crippen LogP contribution < -0.4 is 19.9 Å². The van der Waals surface area contributed by atoms with Crippen molar-refractivity contribution in [2.24, 2.45) is 0 Å². The smallest absolute Gasteiger partial charge is 0.262 e. The van der Waals surface area contributed by atoms with Gasteiger partial charge in [0.05, 0.1) is 11.3 Å². The lowest BCUT2D eigenvalue weighted by Crippen LogP contribution is -2.29. The largest absolute Gasteiger partial charge is 0.454 e. The van der Waals surface area contributed by atoms with Crippen LogP contribution >= 0.6 is 0 Å². The van der Waals surface area contributed by atoms with E-state index in [1.807, 2.05) is 68.4 Å². The van der Waals surface area contributed by atoms with Gasteiger partial charge in [-0.25, -0.2) is 0 Å². The maximum atomic E-state index is 13.2. The maximum Gasteiger partial charge on any atom is 0.262 e. The molecular weight excluding hydrogens is 378 g/mol. The summed E-state index contributed by atoms with van der Waals surface area (Å²) in [6.07, 6.45) is 0. The lowest BCUT2D eigenvalue weighted by molar-refractivity contribution is 0.0985. The third-order valence-corrected chi connectivity index (χ3v) is 5.03. The summed E-state index contributed by atoms with van der Waals surface area (Å²) in [7, 11) is 3.85. The van der Waals surface area contributed by atoms with Crippen molar-refractivity contribution in [3.05, 3.63) is 77.9 Å². The van der Waals surface area contributed by atoms with E-state index in [-0.39, 0.29) is 11.8 Å². The fourth-order valence-electron chi connectivity index (χ4n) is 3.45. The molecule has 6 nitrogen and oxygen atoms in total. The van der Waals surface area contributed by atoms with Gasteiger partial charge >= 0.3 is 0 Å². The molecule has 0 saturated carbocycles. The molecule has 0 spiro atoms. The van der Waals surface area contributed by atoms with E-state index in [1.165, 1.54) is 0 Å². The van der Waals surface area contributed by atoms with Crippen LogP contribution in [0.4, 0.5) is 17.1 Å². The molecule has 30 heavy (non-hydrogen) atoms. The zero-order valence-electron chi connectivity index (χ0n) is 17.2. The van der Waals surface area contributed by atoms with Gasteiger partial charge in [-0.2, -0.15) is 0 Å². The van der Waals surface area contributed by atoms with Crippen LogP contribution in [0.15, 0.2) is 66.7 Å². The molecule has 6 heteroatoms. The average Bonchev–Trinajstić information content (AvgIpc) is 2.87. The van der Waals surface area contributed by atoms with Crippen molar-refractivity contribution >= 4 is 28.9 Å². The van der Waals surface area contributed by atoms with Crippen molar-refractivity contribution in [1.82, 2.24) is 0 Å². The normalized spacial score (nSPS) is 12.4. The third-order valence-electron chi connectivity index (χ3n) is 5.03. The lowest BCUT2D eigenvalue weighted by Gasteiger charge is -2.19. The van der Waals surface area contributed by atoms with Crippen molar-refractivity contribution < 1.29 is 14.3 Å². The SMILES string of the molecule is CCN1C(=O)c2cc(NC(=O)c3cccc(N(C)C)c3)ccc2Oc2ccccc21. The summed E-state index contributed by atoms with van der Waals surface area (Å²) in [6, 6.07) is 19.9. The minimum atomic E-state index is -0.240. The highest BCUT2D eigenvalue weighted by molar-refractivity contribution is 6.11. The summed E-state index contributed by atoms with van der Waals surface area (Å²) < 4.78 is 6.01. The highest BCUT2D eigenvalue weighted by Gasteiger charge is 2.27. The number of hydrogen-bond acceptors (Lipinski definition) is 4. The molecule has 0 atom stereocenters. The number of hydrogen-bond donors (Lipinski definition) is 1. The molecule has 0 aliphatic carbocycles. The molecule has 1 heterocycles. The molecule has 1 aliphatic heterocycles. The Hall–Kier alpha value is -3.80. The van der Waals surface area contributed by atoms with Crippen molar-refractivity contribution in [3.63, 3.8) is 0 Å². The van der Waals surface area contributed by atoms with Crippen LogP contribution in [0.5, 0.6) is 11.5 Å². The molecule has 4 rings (SSSR count). The van der Waals surface area contributed by atoms with Gasteiger partial charge in [0.25, 0.3) is 11.8 Å². The minimum Gasteiger partial charge on any atom is -0.454 e. The van der Waals surface area contributed by atoms with Gasteiger partial charge in [0.15, 0.2) is 5.75 Å². The first-order valence-electron chi connectivity index (χ1n) is 9.79. The first kappa shape index (κ1) is 19.5. The third kappa shape index (κ3) is 3.59. The van der Waals surface area contributed by atoms with E-state index in [1.54, 1.807) is 29.2 Å². The Morgan fingerprint density at radius 2 is 1.80 bits per heavy atom. The first-order chi connectivity index (χ1) is 14.5. The molecule has 3 aromatic carbocycles. The van der Waals surface area contributed by atoms with Gasteiger partial charge < -0.3 is 19.9 Å². The number of rotatable bonds is 4. The lowest BCUT2D eigenvalue weighted by atomic mass is 10.1. The van der Waals surface area contributed by atoms with Crippen LogP contribution in [-0.2, 0) is 0 Å². The Kier molecular flexibility index (Phi) is 5.14. The highest BCUT2D eigenvalue weighted by Crippen LogP contribution is 2.39. The van der Waals surface area contributed by atoms with Crippen molar-refractivity contribution in [3.8, 4) is 11.5 Å². The van der Waals surface area contributed by atoms with Gasteiger partial charge in [0, 0.05) is 37.6 Å². The Morgan fingerprint density at radius 3 is 2.57 bits per heavy atom. The molecule has 2 amide bonds. The van der Waals surface area contributed by atoms with E-state index in [2.05, 4.69) is 5.32 Å². The predicted molar refractivity (Wildman–Crippen MR) is 119 cm³/mol. The zero-order valence-corrected chi connectivity index (χ0v) is 17.2. The fourth-order valence-corrected chi connectivity index (χ4v) is 3.45. The van der Waals surface area contributed by atoms with Crippen LogP contribution in [0.25, 0.3) is 0 Å². The van der Waals surface area contributed by atoms with E-state index in [4.69, 9.17) is 4.74 Å². The predicted octanol–water partition coefficient (Wildman–Crippen LogP) is 4.78. The molecule has 152 valence electrons. The van der Waals surface area contributed by atoms with Crippen LogP contribution in [0, 0.1) is 0 Å². The number of nitrogens with zero attached hydrogens (tertiary/aromatic N) is 2. The number of nitrogens with one attached hydrogen (secondary N) is 1. The fraction of sp³-hybridized carbons (Fsp3) is 0.167. The topological polar surface area (TPSA) is 61.9 Å². The van der Waals surface area contributed by atoms with E-state index in [0.717, 1.165) is 11.4 Å². The van der Waals surface area contributed by atoms with E-state index >= 15 is 0 Å². The average molecular weight is 401 g/mol. The van der Waals surface area contributed by atoms with Gasteiger partial charge in [-0.3, -0.25) is 9.59 Å². The van der Waals surface area contributed by atoms with Gasteiger partial charge in [-0.15, -0.1) is 0 Å². The Bertz CT molecular complexity index is 1120. The summed E-state index contributed by atoms with van der Waals surface area (Å²) in [5, 5.41) is 2.89. The maximum absolute atomic E-state index is 13.2. The first-order valence-corrected chi connectivity index (χ1v) is 9.79. The second-order valence-electron chi connectivity index (χ2n) is 7.23. The number of ether oxygens (including phenoxy) is 1. The number of carbonyl (C=O) groups is 2. The molecule has 0 unspecified atom stereocenters. The molecule has 1 aliphatic rings.